The summed E-state index contributed by atoms with van der Waals surface area (Å²) in [6.45, 7) is -0.0585. The number of pyridine rings is 1. The Bertz CT molecular complexity index is 393. The normalized spacial score (nSPS) is 9.00. The molecule has 0 saturated carbocycles. The van der Waals surface area contributed by atoms with Gasteiger partial charge in [0.25, 0.3) is 0 Å². The summed E-state index contributed by atoms with van der Waals surface area (Å²) < 4.78 is 12.9. The van der Waals surface area contributed by atoms with Crippen molar-refractivity contribution in [1.82, 2.24) is 4.98 Å². The molecule has 0 radical (unpaired) electrons. The van der Waals surface area contributed by atoms with E-state index in [1.807, 2.05) is 0 Å². The van der Waals surface area contributed by atoms with E-state index in [1.54, 1.807) is 0 Å². The Balaban J connectivity index is 3.04. The second-order valence-corrected chi connectivity index (χ2v) is 2.46. The summed E-state index contributed by atoms with van der Waals surface area (Å²) in [5.41, 5.74) is 0.152. The molecule has 0 fully saturated rings. The Morgan fingerprint density at radius 2 is 2.43 bits per heavy atom. The highest BCUT2D eigenvalue weighted by Gasteiger charge is 2.05. The van der Waals surface area contributed by atoms with Gasteiger partial charge in [-0.05, 0) is 6.07 Å². The van der Waals surface area contributed by atoms with Gasteiger partial charge in [-0.15, -0.1) is 0 Å². The highest BCUT2D eigenvalue weighted by molar-refractivity contribution is 5.79. The molecule has 0 unspecified atom stereocenters. The largest absolute Gasteiger partial charge is 0.395 e. The van der Waals surface area contributed by atoms with Crippen LogP contribution in [0.4, 0.5) is 4.39 Å². The lowest BCUT2D eigenvalue weighted by Gasteiger charge is -1.95. The zero-order valence-corrected chi connectivity index (χ0v) is 7.33. The maximum Gasteiger partial charge on any atom is 0.224 e. The first kappa shape index (κ1) is 10.4. The van der Waals surface area contributed by atoms with Crippen LogP contribution in [-0.2, 0) is 0 Å². The molecule has 0 amide bonds. The number of rotatable bonds is 2. The van der Waals surface area contributed by atoms with Crippen LogP contribution in [0.2, 0.25) is 0 Å². The Kier molecular flexibility index (Phi) is 3.77. The molecule has 0 spiro atoms. The van der Waals surface area contributed by atoms with E-state index < -0.39 is 5.95 Å². The third-order valence-corrected chi connectivity index (χ3v) is 1.52. The van der Waals surface area contributed by atoms with E-state index in [2.05, 4.69) is 16.8 Å². The van der Waals surface area contributed by atoms with E-state index in [-0.39, 0.29) is 12.2 Å². The first-order valence-corrected chi connectivity index (χ1v) is 3.99. The van der Waals surface area contributed by atoms with Crippen LogP contribution in [0.3, 0.4) is 0 Å². The first-order valence-electron chi connectivity index (χ1n) is 3.99. The summed E-state index contributed by atoms with van der Waals surface area (Å²) in [7, 11) is 0. The molecule has 1 heterocycles. The lowest BCUT2D eigenvalue weighted by atomic mass is 10.1. The van der Waals surface area contributed by atoms with Gasteiger partial charge >= 0.3 is 0 Å². The minimum atomic E-state index is -0.823. The van der Waals surface area contributed by atoms with Gasteiger partial charge < -0.3 is 5.11 Å². The number of halogens is 1. The third-order valence-electron chi connectivity index (χ3n) is 1.52. The molecule has 0 atom stereocenters. The molecule has 0 aliphatic carbocycles. The van der Waals surface area contributed by atoms with Crippen LogP contribution in [0.1, 0.15) is 22.3 Å². The smallest absolute Gasteiger partial charge is 0.224 e. The fourth-order valence-electron chi connectivity index (χ4n) is 0.882. The van der Waals surface area contributed by atoms with Crippen LogP contribution in [0.5, 0.6) is 0 Å². The molecule has 0 aliphatic heterocycles. The molecule has 0 saturated heterocycles. The highest BCUT2D eigenvalue weighted by atomic mass is 19.1. The number of carbonyl (C=O) groups is 1. The van der Waals surface area contributed by atoms with E-state index in [9.17, 15) is 9.18 Å². The summed E-state index contributed by atoms with van der Waals surface area (Å²) >= 11 is 0. The van der Waals surface area contributed by atoms with Crippen molar-refractivity contribution >= 4 is 6.29 Å². The molecule has 4 heteroatoms. The maximum absolute atomic E-state index is 12.9. The quantitative estimate of drug-likeness (QED) is 0.428. The standard InChI is InChI=1S/C10H8FNO2/c11-10-9(7-14)8(4-5-12-10)3-1-2-6-13/h4-5,7,13H,2,6H2. The van der Waals surface area contributed by atoms with Crippen LogP contribution in [0.15, 0.2) is 12.3 Å². The number of carbonyl (C=O) groups excluding carboxylic acids is 1. The second-order valence-electron chi connectivity index (χ2n) is 2.46. The van der Waals surface area contributed by atoms with Crippen molar-refractivity contribution in [1.29, 1.82) is 0 Å². The summed E-state index contributed by atoms with van der Waals surface area (Å²) in [5.74, 6) is 4.36. The van der Waals surface area contributed by atoms with Crippen molar-refractivity contribution in [3.63, 3.8) is 0 Å². The Morgan fingerprint density at radius 1 is 1.64 bits per heavy atom. The van der Waals surface area contributed by atoms with Crippen LogP contribution < -0.4 is 0 Å². The average molecular weight is 193 g/mol. The van der Waals surface area contributed by atoms with Gasteiger partial charge in [-0.25, -0.2) is 4.98 Å². The summed E-state index contributed by atoms with van der Waals surface area (Å²) in [6, 6.07) is 1.46. The number of nitrogens with zero attached hydrogens (tertiary/aromatic N) is 1. The molecule has 72 valence electrons. The van der Waals surface area contributed by atoms with Crippen LogP contribution >= 0.6 is 0 Å². The topological polar surface area (TPSA) is 50.2 Å². The number of aliphatic hydroxyl groups is 1. The van der Waals surface area contributed by atoms with Crippen molar-refractivity contribution in [3.8, 4) is 11.8 Å². The fraction of sp³-hybridized carbons (Fsp3) is 0.200. The van der Waals surface area contributed by atoms with E-state index in [1.165, 1.54) is 12.3 Å². The molecule has 0 aromatic carbocycles. The molecule has 1 rings (SSSR count). The SMILES string of the molecule is O=Cc1c(C#CCCO)ccnc1F. The van der Waals surface area contributed by atoms with E-state index in [4.69, 9.17) is 5.11 Å². The number of hydrogen-bond acceptors (Lipinski definition) is 3. The van der Waals surface area contributed by atoms with E-state index in [0.717, 1.165) is 0 Å². The summed E-state index contributed by atoms with van der Waals surface area (Å²) in [4.78, 5) is 13.8. The van der Waals surface area contributed by atoms with Crippen molar-refractivity contribution in [2.75, 3.05) is 6.61 Å². The molecule has 1 N–H and O–H groups in total. The molecule has 14 heavy (non-hydrogen) atoms. The molecule has 1 aromatic rings. The van der Waals surface area contributed by atoms with Gasteiger partial charge in [0.2, 0.25) is 5.95 Å². The van der Waals surface area contributed by atoms with Crippen LogP contribution in [0, 0.1) is 17.8 Å². The zero-order chi connectivity index (χ0) is 10.4. The Hall–Kier alpha value is -1.73. The fourth-order valence-corrected chi connectivity index (χ4v) is 0.882. The van der Waals surface area contributed by atoms with Crippen LogP contribution in [0.25, 0.3) is 0 Å². The molecule has 0 aliphatic rings. The van der Waals surface area contributed by atoms with Gasteiger partial charge in [-0.1, -0.05) is 11.8 Å². The van der Waals surface area contributed by atoms with E-state index in [0.29, 0.717) is 18.3 Å². The summed E-state index contributed by atoms with van der Waals surface area (Å²) in [5, 5.41) is 8.47. The van der Waals surface area contributed by atoms with Gasteiger partial charge in [0, 0.05) is 18.2 Å². The highest BCUT2D eigenvalue weighted by Crippen LogP contribution is 2.06. The number of hydrogen-bond donors (Lipinski definition) is 1. The van der Waals surface area contributed by atoms with Crippen molar-refractivity contribution in [2.45, 2.75) is 6.42 Å². The monoisotopic (exact) mass is 193 g/mol. The van der Waals surface area contributed by atoms with Gasteiger partial charge in [0.1, 0.15) is 0 Å². The molecular formula is C10H8FNO2. The molecule has 0 bridgehead atoms. The maximum atomic E-state index is 12.9. The predicted molar refractivity (Wildman–Crippen MR) is 48.2 cm³/mol. The predicted octanol–water partition coefficient (Wildman–Crippen LogP) is 0.767. The summed E-state index contributed by atoms with van der Waals surface area (Å²) in [6.07, 6.45) is 1.92. The third kappa shape index (κ3) is 2.38. The lowest BCUT2D eigenvalue weighted by molar-refractivity contribution is 0.111. The van der Waals surface area contributed by atoms with Crippen LogP contribution in [-0.4, -0.2) is 23.0 Å². The minimum Gasteiger partial charge on any atom is -0.395 e. The van der Waals surface area contributed by atoms with Gasteiger partial charge in [0.05, 0.1) is 12.2 Å². The number of aldehydes is 1. The van der Waals surface area contributed by atoms with Crippen molar-refractivity contribution in [2.24, 2.45) is 0 Å². The lowest BCUT2D eigenvalue weighted by Crippen LogP contribution is -1.95. The van der Waals surface area contributed by atoms with E-state index >= 15 is 0 Å². The number of aromatic nitrogens is 1. The average Bonchev–Trinajstić information content (AvgIpc) is 2.18. The minimum absolute atomic E-state index is 0.0585. The van der Waals surface area contributed by atoms with Crippen molar-refractivity contribution < 1.29 is 14.3 Å². The second kappa shape index (κ2) is 5.10. The Labute approximate surface area is 80.6 Å². The van der Waals surface area contributed by atoms with Crippen molar-refractivity contribution in [3.05, 3.63) is 29.3 Å². The molecule has 1 aromatic heterocycles. The van der Waals surface area contributed by atoms with Gasteiger partial charge in [0.15, 0.2) is 6.29 Å². The first-order chi connectivity index (χ1) is 6.79. The zero-order valence-electron chi connectivity index (χ0n) is 7.33. The van der Waals surface area contributed by atoms with Gasteiger partial charge in [-0.3, -0.25) is 4.79 Å². The number of aliphatic hydroxyl groups excluding tert-OH is 1. The Morgan fingerprint density at radius 3 is 3.07 bits per heavy atom. The molecule has 3 nitrogen and oxygen atoms in total. The molecular weight excluding hydrogens is 185 g/mol. The van der Waals surface area contributed by atoms with Gasteiger partial charge in [-0.2, -0.15) is 4.39 Å².